The Morgan fingerprint density at radius 1 is 1.04 bits per heavy atom. The highest BCUT2D eigenvalue weighted by molar-refractivity contribution is 5.96. The summed E-state index contributed by atoms with van der Waals surface area (Å²) < 4.78 is 37.4. The Morgan fingerprint density at radius 2 is 1.58 bits per heavy atom. The molecule has 0 saturated carbocycles. The van der Waals surface area contributed by atoms with Crippen molar-refractivity contribution >= 4 is 11.8 Å². The lowest BCUT2D eigenvalue weighted by molar-refractivity contribution is -0.137. The molecule has 0 unspecified atom stereocenters. The molecular formula is C16H22F3N3O2. The van der Waals surface area contributed by atoms with E-state index in [0.717, 1.165) is 24.3 Å². The molecule has 1 aromatic carbocycles. The zero-order chi connectivity index (χ0) is 18.4. The predicted molar refractivity (Wildman–Crippen MR) is 84.3 cm³/mol. The van der Waals surface area contributed by atoms with E-state index in [2.05, 4.69) is 10.6 Å². The maximum Gasteiger partial charge on any atom is 0.416 e. The quantitative estimate of drug-likeness (QED) is 0.707. The van der Waals surface area contributed by atoms with E-state index < -0.39 is 29.1 Å². The smallest absolute Gasteiger partial charge is 0.353 e. The highest BCUT2D eigenvalue weighted by atomic mass is 19.4. The van der Waals surface area contributed by atoms with Crippen molar-refractivity contribution in [2.45, 2.75) is 38.4 Å². The minimum absolute atomic E-state index is 0.0473. The molecule has 134 valence electrons. The van der Waals surface area contributed by atoms with Gasteiger partial charge >= 0.3 is 6.18 Å². The first-order valence-corrected chi connectivity index (χ1v) is 7.62. The maximum atomic E-state index is 12.5. The molecule has 0 spiro atoms. The van der Waals surface area contributed by atoms with Gasteiger partial charge in [0.2, 0.25) is 5.91 Å². The van der Waals surface area contributed by atoms with Crippen LogP contribution in [-0.2, 0) is 11.0 Å². The molecule has 0 aromatic heterocycles. The van der Waals surface area contributed by atoms with E-state index in [1.165, 1.54) is 0 Å². The molecule has 2 amide bonds. The number of alkyl halides is 3. The van der Waals surface area contributed by atoms with Crippen LogP contribution >= 0.6 is 0 Å². The van der Waals surface area contributed by atoms with Gasteiger partial charge in [-0.1, -0.05) is 13.8 Å². The van der Waals surface area contributed by atoms with Gasteiger partial charge in [-0.3, -0.25) is 9.59 Å². The van der Waals surface area contributed by atoms with E-state index in [1.807, 2.05) is 13.8 Å². The third kappa shape index (κ3) is 5.84. The summed E-state index contributed by atoms with van der Waals surface area (Å²) in [4.78, 5) is 23.5. The average Bonchev–Trinajstić information content (AvgIpc) is 2.56. The van der Waals surface area contributed by atoms with Gasteiger partial charge in [-0.2, -0.15) is 13.2 Å². The summed E-state index contributed by atoms with van der Waals surface area (Å²) in [7, 11) is 0. The summed E-state index contributed by atoms with van der Waals surface area (Å²) in [5.74, 6) is -1.03. The van der Waals surface area contributed by atoms with Crippen LogP contribution in [-0.4, -0.2) is 30.4 Å². The van der Waals surface area contributed by atoms with Crippen molar-refractivity contribution < 1.29 is 22.8 Å². The van der Waals surface area contributed by atoms with Crippen LogP contribution in [0.2, 0.25) is 0 Å². The summed E-state index contributed by atoms with van der Waals surface area (Å²) in [5.41, 5.74) is 4.76. The number of carbonyl (C=O) groups is 2. The number of amides is 2. The van der Waals surface area contributed by atoms with Crippen molar-refractivity contribution in [2.75, 3.05) is 13.1 Å². The Balaban J connectivity index is 2.50. The Labute approximate surface area is 138 Å². The molecule has 0 saturated heterocycles. The Kier molecular flexibility index (Phi) is 6.77. The zero-order valence-electron chi connectivity index (χ0n) is 13.7. The van der Waals surface area contributed by atoms with Gasteiger partial charge in [0, 0.05) is 17.6 Å². The van der Waals surface area contributed by atoms with Crippen LogP contribution in [0.4, 0.5) is 13.2 Å². The molecule has 0 bridgehead atoms. The SMILES string of the molecule is CCC(N)(CC)CNC(=O)CNC(=O)c1ccc(C(F)(F)F)cc1. The van der Waals surface area contributed by atoms with E-state index in [4.69, 9.17) is 5.73 Å². The Bertz CT molecular complexity index is 567. The molecule has 8 heteroatoms. The second-order valence-electron chi connectivity index (χ2n) is 5.60. The first-order valence-electron chi connectivity index (χ1n) is 7.62. The fourth-order valence-electron chi connectivity index (χ4n) is 1.91. The number of benzene rings is 1. The number of carbonyl (C=O) groups excluding carboxylic acids is 2. The molecule has 0 aliphatic rings. The van der Waals surface area contributed by atoms with Crippen LogP contribution in [0.15, 0.2) is 24.3 Å². The summed E-state index contributed by atoms with van der Waals surface area (Å²) in [6.45, 7) is 3.85. The molecule has 0 aliphatic carbocycles. The largest absolute Gasteiger partial charge is 0.416 e. The van der Waals surface area contributed by atoms with Gasteiger partial charge < -0.3 is 16.4 Å². The lowest BCUT2D eigenvalue weighted by Crippen LogP contribution is -2.50. The molecule has 0 fully saturated rings. The van der Waals surface area contributed by atoms with Crippen LogP contribution in [0.1, 0.15) is 42.6 Å². The number of hydrogen-bond acceptors (Lipinski definition) is 3. The molecule has 1 aromatic rings. The average molecular weight is 345 g/mol. The van der Waals surface area contributed by atoms with Crippen molar-refractivity contribution in [1.29, 1.82) is 0 Å². The first kappa shape index (κ1) is 20.0. The summed E-state index contributed by atoms with van der Waals surface area (Å²) >= 11 is 0. The van der Waals surface area contributed by atoms with E-state index >= 15 is 0 Å². The summed E-state index contributed by atoms with van der Waals surface area (Å²) in [6, 6.07) is 3.77. The van der Waals surface area contributed by atoms with Gasteiger partial charge in [-0.25, -0.2) is 0 Å². The van der Waals surface area contributed by atoms with Gasteiger partial charge in [-0.15, -0.1) is 0 Å². The Hall–Kier alpha value is -2.09. The van der Waals surface area contributed by atoms with Crippen molar-refractivity contribution in [1.82, 2.24) is 10.6 Å². The highest BCUT2D eigenvalue weighted by Gasteiger charge is 2.30. The molecule has 0 heterocycles. The lowest BCUT2D eigenvalue weighted by Gasteiger charge is -2.26. The van der Waals surface area contributed by atoms with E-state index in [9.17, 15) is 22.8 Å². The standard InChI is InChI=1S/C16H22F3N3O2/c1-3-15(20,4-2)10-22-13(23)9-21-14(24)11-5-7-12(8-6-11)16(17,18)19/h5-8H,3-4,9-10,20H2,1-2H3,(H,21,24)(H,22,23). The number of nitrogens with one attached hydrogen (secondary N) is 2. The zero-order valence-corrected chi connectivity index (χ0v) is 13.7. The fourth-order valence-corrected chi connectivity index (χ4v) is 1.91. The molecule has 0 aliphatic heterocycles. The summed E-state index contributed by atoms with van der Waals surface area (Å²) in [6.07, 6.45) is -3.06. The number of rotatable bonds is 7. The van der Waals surface area contributed by atoms with Crippen LogP contribution < -0.4 is 16.4 Å². The molecular weight excluding hydrogens is 323 g/mol. The molecule has 4 N–H and O–H groups in total. The third-order valence-electron chi connectivity index (χ3n) is 3.93. The number of halogens is 3. The van der Waals surface area contributed by atoms with Crippen molar-refractivity contribution in [2.24, 2.45) is 5.73 Å². The minimum Gasteiger partial charge on any atom is -0.353 e. The van der Waals surface area contributed by atoms with E-state index in [0.29, 0.717) is 12.8 Å². The van der Waals surface area contributed by atoms with E-state index in [1.54, 1.807) is 0 Å². The molecule has 1 rings (SSSR count). The van der Waals surface area contributed by atoms with Gasteiger partial charge in [0.25, 0.3) is 5.91 Å². The van der Waals surface area contributed by atoms with Gasteiger partial charge in [0.1, 0.15) is 0 Å². The van der Waals surface area contributed by atoms with E-state index in [-0.39, 0.29) is 18.7 Å². The number of nitrogens with two attached hydrogens (primary N) is 1. The third-order valence-corrected chi connectivity index (χ3v) is 3.93. The van der Waals surface area contributed by atoms with Crippen LogP contribution in [0.5, 0.6) is 0 Å². The first-order chi connectivity index (χ1) is 11.1. The maximum absolute atomic E-state index is 12.5. The van der Waals surface area contributed by atoms with Crippen molar-refractivity contribution in [3.8, 4) is 0 Å². The minimum atomic E-state index is -4.46. The normalized spacial score (nSPS) is 11.9. The van der Waals surface area contributed by atoms with Gasteiger partial charge in [0.15, 0.2) is 0 Å². The van der Waals surface area contributed by atoms with Crippen LogP contribution in [0.25, 0.3) is 0 Å². The molecule has 0 radical (unpaired) electrons. The fraction of sp³-hybridized carbons (Fsp3) is 0.500. The van der Waals surface area contributed by atoms with Crippen LogP contribution in [0, 0.1) is 0 Å². The monoisotopic (exact) mass is 345 g/mol. The van der Waals surface area contributed by atoms with Crippen molar-refractivity contribution in [3.05, 3.63) is 35.4 Å². The second kappa shape index (κ2) is 8.14. The topological polar surface area (TPSA) is 84.2 Å². The van der Waals surface area contributed by atoms with Crippen molar-refractivity contribution in [3.63, 3.8) is 0 Å². The highest BCUT2D eigenvalue weighted by Crippen LogP contribution is 2.29. The lowest BCUT2D eigenvalue weighted by atomic mass is 9.94. The predicted octanol–water partition coefficient (Wildman–Crippen LogP) is 2.07. The number of hydrogen-bond donors (Lipinski definition) is 3. The Morgan fingerprint density at radius 3 is 2.04 bits per heavy atom. The van der Waals surface area contributed by atoms with Gasteiger partial charge in [0.05, 0.1) is 12.1 Å². The summed E-state index contributed by atoms with van der Waals surface area (Å²) in [5, 5.41) is 4.99. The molecule has 24 heavy (non-hydrogen) atoms. The second-order valence-corrected chi connectivity index (χ2v) is 5.60. The molecule has 0 atom stereocenters. The molecule has 5 nitrogen and oxygen atoms in total. The van der Waals surface area contributed by atoms with Gasteiger partial charge in [-0.05, 0) is 37.1 Å². The van der Waals surface area contributed by atoms with Crippen LogP contribution in [0.3, 0.4) is 0 Å².